The average Bonchev–Trinajstić information content (AvgIpc) is 2.76. The molecule has 0 fully saturated rings. The molecule has 5 nitrogen and oxygen atoms in total. The second-order valence-corrected chi connectivity index (χ2v) is 8.27. The second-order valence-electron chi connectivity index (χ2n) is 7.29. The molecule has 0 radical (unpaired) electrons. The van der Waals surface area contributed by atoms with Gasteiger partial charge in [0.05, 0.1) is 6.04 Å². The van der Waals surface area contributed by atoms with Gasteiger partial charge in [-0.15, -0.1) is 0 Å². The van der Waals surface area contributed by atoms with Crippen LogP contribution >= 0.6 is 11.8 Å². The Kier molecular flexibility index (Phi) is 7.72. The molecule has 0 aromatic heterocycles. The first-order valence-electron chi connectivity index (χ1n) is 10.1. The average molecular weight is 412 g/mol. The molecular formula is C23H29N3O2S. The normalized spacial score (nSPS) is 16.6. The van der Waals surface area contributed by atoms with Crippen LogP contribution in [0.1, 0.15) is 30.0 Å². The molecule has 2 aromatic rings. The minimum atomic E-state index is -0.556. The lowest BCUT2D eigenvalue weighted by Crippen LogP contribution is -2.53. The summed E-state index contributed by atoms with van der Waals surface area (Å²) >= 11 is 1.67. The van der Waals surface area contributed by atoms with E-state index in [0.717, 1.165) is 17.9 Å². The Balaban J connectivity index is 1.63. The molecule has 6 heteroatoms. The molecule has 2 atom stereocenters. The Labute approximate surface area is 177 Å². The molecular weight excluding hydrogens is 382 g/mol. The van der Waals surface area contributed by atoms with Gasteiger partial charge in [-0.2, -0.15) is 11.8 Å². The summed E-state index contributed by atoms with van der Waals surface area (Å²) in [6.45, 7) is 2.76. The van der Waals surface area contributed by atoms with Crippen molar-refractivity contribution in [3.05, 3.63) is 65.2 Å². The maximum absolute atomic E-state index is 12.9. The van der Waals surface area contributed by atoms with E-state index in [1.54, 1.807) is 11.8 Å². The fraction of sp³-hybridized carbons (Fsp3) is 0.391. The van der Waals surface area contributed by atoms with E-state index < -0.39 is 6.04 Å². The number of aryl methyl sites for hydroxylation is 1. The van der Waals surface area contributed by atoms with E-state index >= 15 is 0 Å². The molecule has 1 aliphatic heterocycles. The van der Waals surface area contributed by atoms with Gasteiger partial charge in [-0.3, -0.25) is 9.59 Å². The Morgan fingerprint density at radius 1 is 1.14 bits per heavy atom. The number of fused-ring (bicyclic) bond motifs is 1. The number of carbonyl (C=O) groups excluding carboxylic acids is 2. The molecule has 0 saturated heterocycles. The van der Waals surface area contributed by atoms with Gasteiger partial charge in [0, 0.05) is 12.2 Å². The van der Waals surface area contributed by atoms with E-state index in [2.05, 4.69) is 35.0 Å². The molecule has 3 rings (SSSR count). The Morgan fingerprint density at radius 3 is 2.55 bits per heavy atom. The first-order chi connectivity index (χ1) is 14.1. The summed E-state index contributed by atoms with van der Waals surface area (Å²) in [6, 6.07) is 15.1. The zero-order valence-corrected chi connectivity index (χ0v) is 17.9. The van der Waals surface area contributed by atoms with Crippen molar-refractivity contribution in [1.29, 1.82) is 0 Å². The molecule has 3 N–H and O–H groups in total. The van der Waals surface area contributed by atoms with E-state index in [1.807, 2.05) is 42.7 Å². The van der Waals surface area contributed by atoms with Gasteiger partial charge in [0.2, 0.25) is 11.8 Å². The van der Waals surface area contributed by atoms with Crippen molar-refractivity contribution in [2.45, 2.75) is 44.8 Å². The number of nitrogens with one attached hydrogen (secondary N) is 3. The van der Waals surface area contributed by atoms with Crippen LogP contribution in [-0.4, -0.2) is 35.9 Å². The van der Waals surface area contributed by atoms with E-state index in [9.17, 15) is 9.59 Å². The summed E-state index contributed by atoms with van der Waals surface area (Å²) < 4.78 is 0. The van der Waals surface area contributed by atoms with E-state index in [-0.39, 0.29) is 17.9 Å². The van der Waals surface area contributed by atoms with Crippen LogP contribution in [0.3, 0.4) is 0 Å². The van der Waals surface area contributed by atoms with Gasteiger partial charge < -0.3 is 16.0 Å². The Bertz CT molecular complexity index is 838. The third-order valence-electron chi connectivity index (χ3n) is 5.27. The van der Waals surface area contributed by atoms with Crippen molar-refractivity contribution >= 4 is 29.3 Å². The summed E-state index contributed by atoms with van der Waals surface area (Å²) in [4.78, 5) is 25.7. The standard InChI is InChI=1S/C23H29N3O2S/c1-3-16-8-10-19(11-9-16)25-22(27)20(12-13-29-2)26-23(28)21-14-17-6-4-5-7-18(17)15-24-21/h4-11,20-21,24H,3,12-15H2,1-2H3,(H,25,27)(H,26,28). The van der Waals surface area contributed by atoms with Crippen LogP contribution in [-0.2, 0) is 29.0 Å². The van der Waals surface area contributed by atoms with Crippen LogP contribution in [0.2, 0.25) is 0 Å². The molecule has 154 valence electrons. The van der Waals surface area contributed by atoms with Crippen molar-refractivity contribution in [2.75, 3.05) is 17.3 Å². The fourth-order valence-electron chi connectivity index (χ4n) is 3.47. The molecule has 0 bridgehead atoms. The zero-order chi connectivity index (χ0) is 20.6. The van der Waals surface area contributed by atoms with Gasteiger partial charge in [-0.1, -0.05) is 43.3 Å². The van der Waals surface area contributed by atoms with Crippen molar-refractivity contribution in [3.63, 3.8) is 0 Å². The highest BCUT2D eigenvalue weighted by molar-refractivity contribution is 7.98. The number of benzene rings is 2. The number of amides is 2. The molecule has 0 spiro atoms. The highest BCUT2D eigenvalue weighted by Gasteiger charge is 2.28. The summed E-state index contributed by atoms with van der Waals surface area (Å²) in [5, 5.41) is 9.20. The second kappa shape index (κ2) is 10.5. The zero-order valence-electron chi connectivity index (χ0n) is 17.0. The number of rotatable bonds is 8. The number of hydrogen-bond donors (Lipinski definition) is 3. The smallest absolute Gasteiger partial charge is 0.246 e. The predicted molar refractivity (Wildman–Crippen MR) is 120 cm³/mol. The van der Waals surface area contributed by atoms with Crippen molar-refractivity contribution in [2.24, 2.45) is 0 Å². The molecule has 1 heterocycles. The van der Waals surface area contributed by atoms with Gasteiger partial charge in [-0.05, 0) is 60.1 Å². The first kappa shape index (κ1) is 21.4. The summed E-state index contributed by atoms with van der Waals surface area (Å²) in [6.07, 6.45) is 4.18. The summed E-state index contributed by atoms with van der Waals surface area (Å²) in [5.41, 5.74) is 4.38. The molecule has 29 heavy (non-hydrogen) atoms. The number of thioether (sulfide) groups is 1. The van der Waals surface area contributed by atoms with Crippen LogP contribution in [0.25, 0.3) is 0 Å². The summed E-state index contributed by atoms with van der Waals surface area (Å²) in [7, 11) is 0. The van der Waals surface area contributed by atoms with Crippen LogP contribution in [0, 0.1) is 0 Å². The largest absolute Gasteiger partial charge is 0.343 e. The molecule has 2 aromatic carbocycles. The summed E-state index contributed by atoms with van der Waals surface area (Å²) in [5.74, 6) is 0.503. The van der Waals surface area contributed by atoms with Gasteiger partial charge in [0.25, 0.3) is 0 Å². The lowest BCUT2D eigenvalue weighted by Gasteiger charge is -2.27. The van der Waals surface area contributed by atoms with Gasteiger partial charge in [-0.25, -0.2) is 0 Å². The molecule has 0 aliphatic carbocycles. The highest BCUT2D eigenvalue weighted by atomic mass is 32.2. The number of hydrogen-bond acceptors (Lipinski definition) is 4. The van der Waals surface area contributed by atoms with Crippen molar-refractivity contribution in [3.8, 4) is 0 Å². The fourth-order valence-corrected chi connectivity index (χ4v) is 3.94. The quantitative estimate of drug-likeness (QED) is 0.624. The molecule has 2 unspecified atom stereocenters. The van der Waals surface area contributed by atoms with Gasteiger partial charge >= 0.3 is 0 Å². The predicted octanol–water partition coefficient (Wildman–Crippen LogP) is 3.14. The third-order valence-corrected chi connectivity index (χ3v) is 5.92. The highest BCUT2D eigenvalue weighted by Crippen LogP contribution is 2.17. The number of carbonyl (C=O) groups is 2. The van der Waals surface area contributed by atoms with E-state index in [0.29, 0.717) is 19.4 Å². The molecule has 2 amide bonds. The Morgan fingerprint density at radius 2 is 1.86 bits per heavy atom. The monoisotopic (exact) mass is 411 g/mol. The Hall–Kier alpha value is -2.31. The SMILES string of the molecule is CCc1ccc(NC(=O)C(CCSC)NC(=O)C2Cc3ccccc3CN2)cc1. The van der Waals surface area contributed by atoms with Crippen LogP contribution in [0.4, 0.5) is 5.69 Å². The lowest BCUT2D eigenvalue weighted by atomic mass is 9.95. The minimum absolute atomic E-state index is 0.123. The van der Waals surface area contributed by atoms with Gasteiger partial charge in [0.15, 0.2) is 0 Å². The topological polar surface area (TPSA) is 70.2 Å². The van der Waals surface area contributed by atoms with Crippen molar-refractivity contribution < 1.29 is 9.59 Å². The van der Waals surface area contributed by atoms with E-state index in [1.165, 1.54) is 16.7 Å². The number of anilines is 1. The lowest BCUT2D eigenvalue weighted by molar-refractivity contribution is -0.128. The maximum atomic E-state index is 12.9. The van der Waals surface area contributed by atoms with Crippen molar-refractivity contribution in [1.82, 2.24) is 10.6 Å². The minimum Gasteiger partial charge on any atom is -0.343 e. The molecule has 1 aliphatic rings. The van der Waals surface area contributed by atoms with Crippen LogP contribution in [0.5, 0.6) is 0 Å². The molecule has 0 saturated carbocycles. The maximum Gasteiger partial charge on any atom is 0.246 e. The van der Waals surface area contributed by atoms with Crippen LogP contribution < -0.4 is 16.0 Å². The first-order valence-corrected chi connectivity index (χ1v) is 11.5. The van der Waals surface area contributed by atoms with Crippen LogP contribution in [0.15, 0.2) is 48.5 Å². The van der Waals surface area contributed by atoms with E-state index in [4.69, 9.17) is 0 Å². The van der Waals surface area contributed by atoms with Gasteiger partial charge in [0.1, 0.15) is 6.04 Å². The third kappa shape index (κ3) is 5.84.